The van der Waals surface area contributed by atoms with Crippen LogP contribution >= 0.6 is 0 Å². The third-order valence-electron chi connectivity index (χ3n) is 3.35. The molecular weight excluding hydrogens is 224 g/mol. The summed E-state index contributed by atoms with van der Waals surface area (Å²) in [5, 5.41) is 7.44. The van der Waals surface area contributed by atoms with Crippen LogP contribution in [-0.4, -0.2) is 23.9 Å². The Kier molecular flexibility index (Phi) is 5.62. The van der Waals surface area contributed by atoms with Crippen molar-refractivity contribution >= 4 is 11.7 Å². The van der Waals surface area contributed by atoms with E-state index < -0.39 is 0 Å². The van der Waals surface area contributed by atoms with E-state index >= 15 is 0 Å². The van der Waals surface area contributed by atoms with Gasteiger partial charge in [-0.2, -0.15) is 0 Å². The number of nitrogens with two attached hydrogens (primary N) is 1. The molecule has 1 aromatic heterocycles. The van der Waals surface area contributed by atoms with E-state index in [1.165, 1.54) is 12.8 Å². The van der Waals surface area contributed by atoms with Gasteiger partial charge in [0, 0.05) is 13.1 Å². The van der Waals surface area contributed by atoms with Crippen LogP contribution in [0.2, 0.25) is 0 Å². The number of hydrogen-bond acceptors (Lipinski definition) is 3. The maximum absolute atomic E-state index is 7.44. The van der Waals surface area contributed by atoms with E-state index in [0.717, 1.165) is 18.9 Å². The molecular formula is C14H24N4. The Bertz CT molecular complexity index is 385. The first kappa shape index (κ1) is 14.5. The van der Waals surface area contributed by atoms with Gasteiger partial charge in [-0.15, -0.1) is 0 Å². The van der Waals surface area contributed by atoms with Crippen LogP contribution in [0.25, 0.3) is 0 Å². The zero-order valence-electron chi connectivity index (χ0n) is 11.6. The number of hydrogen-bond donors (Lipinski definition) is 2. The summed E-state index contributed by atoms with van der Waals surface area (Å²) in [5.74, 6) is 1.63. The molecule has 0 saturated carbocycles. The third-order valence-corrected chi connectivity index (χ3v) is 3.35. The normalized spacial score (nSPS) is 10.7. The first-order valence-electron chi connectivity index (χ1n) is 6.68. The largest absolute Gasteiger partial charge is 0.382 e. The average molecular weight is 248 g/mol. The molecule has 0 saturated heterocycles. The number of anilines is 1. The van der Waals surface area contributed by atoms with Crippen molar-refractivity contribution < 1.29 is 0 Å². The van der Waals surface area contributed by atoms with Crippen molar-refractivity contribution in [2.24, 2.45) is 11.7 Å². The minimum atomic E-state index is 0.0236. The van der Waals surface area contributed by atoms with Crippen molar-refractivity contribution in [1.29, 1.82) is 5.41 Å². The lowest BCUT2D eigenvalue weighted by atomic mass is 10.0. The minimum absolute atomic E-state index is 0.0236. The van der Waals surface area contributed by atoms with E-state index in [1.807, 2.05) is 12.1 Å². The van der Waals surface area contributed by atoms with E-state index in [-0.39, 0.29) is 5.84 Å². The third kappa shape index (κ3) is 3.72. The number of pyridine rings is 1. The Labute approximate surface area is 110 Å². The fourth-order valence-electron chi connectivity index (χ4n) is 1.99. The van der Waals surface area contributed by atoms with E-state index in [4.69, 9.17) is 11.1 Å². The van der Waals surface area contributed by atoms with Crippen molar-refractivity contribution in [3.05, 3.63) is 23.9 Å². The molecule has 0 radical (unpaired) electrons. The molecule has 0 aliphatic rings. The monoisotopic (exact) mass is 248 g/mol. The van der Waals surface area contributed by atoms with Crippen LogP contribution in [0, 0.1) is 11.3 Å². The summed E-state index contributed by atoms with van der Waals surface area (Å²) in [6, 6.07) is 5.67. The number of nitrogens with zero attached hydrogens (tertiary/aromatic N) is 2. The van der Waals surface area contributed by atoms with Crippen molar-refractivity contribution in [2.75, 3.05) is 18.0 Å². The van der Waals surface area contributed by atoms with E-state index in [0.29, 0.717) is 11.6 Å². The van der Waals surface area contributed by atoms with Gasteiger partial charge >= 0.3 is 0 Å². The molecule has 4 nitrogen and oxygen atoms in total. The second kappa shape index (κ2) is 6.99. The Balaban J connectivity index is 2.87. The van der Waals surface area contributed by atoms with E-state index in [2.05, 4.69) is 30.7 Å². The second-order valence-corrected chi connectivity index (χ2v) is 4.52. The highest BCUT2D eigenvalue weighted by atomic mass is 15.2. The van der Waals surface area contributed by atoms with Crippen LogP contribution in [0.15, 0.2) is 18.2 Å². The molecule has 100 valence electrons. The first-order chi connectivity index (χ1) is 8.62. The molecule has 0 amide bonds. The number of amidine groups is 1. The molecule has 18 heavy (non-hydrogen) atoms. The van der Waals surface area contributed by atoms with Gasteiger partial charge < -0.3 is 10.6 Å². The molecule has 1 heterocycles. The highest BCUT2D eigenvalue weighted by Gasteiger charge is 2.12. The molecule has 1 aromatic rings. The molecule has 0 spiro atoms. The van der Waals surface area contributed by atoms with Gasteiger partial charge in [0.2, 0.25) is 0 Å². The molecule has 0 aliphatic carbocycles. The van der Waals surface area contributed by atoms with Gasteiger partial charge in [0.1, 0.15) is 17.3 Å². The lowest BCUT2D eigenvalue weighted by Gasteiger charge is -2.26. The van der Waals surface area contributed by atoms with Gasteiger partial charge in [-0.1, -0.05) is 32.8 Å². The molecule has 1 rings (SSSR count). The van der Waals surface area contributed by atoms with Crippen LogP contribution in [-0.2, 0) is 0 Å². The highest BCUT2D eigenvalue weighted by molar-refractivity contribution is 5.93. The summed E-state index contributed by atoms with van der Waals surface area (Å²) in [6.07, 6.45) is 2.36. The molecule has 0 aromatic carbocycles. The predicted molar refractivity (Wildman–Crippen MR) is 77.2 cm³/mol. The van der Waals surface area contributed by atoms with Crippen molar-refractivity contribution in [2.45, 2.75) is 33.6 Å². The van der Waals surface area contributed by atoms with Gasteiger partial charge in [0.25, 0.3) is 0 Å². The number of nitrogens with one attached hydrogen (secondary N) is 1. The van der Waals surface area contributed by atoms with Crippen LogP contribution in [0.5, 0.6) is 0 Å². The summed E-state index contributed by atoms with van der Waals surface area (Å²) in [4.78, 5) is 6.70. The minimum Gasteiger partial charge on any atom is -0.382 e. The molecule has 0 aliphatic heterocycles. The van der Waals surface area contributed by atoms with Crippen LogP contribution in [0.1, 0.15) is 39.3 Å². The van der Waals surface area contributed by atoms with Crippen molar-refractivity contribution in [3.8, 4) is 0 Å². The fraction of sp³-hybridized carbons (Fsp3) is 0.571. The standard InChI is InChI=1S/C14H24N4/c1-4-11(5-2)10-18(6-3)13-9-7-8-12(17-13)14(15)16/h7-9,11H,4-6,10H2,1-3H3,(H3,15,16). The van der Waals surface area contributed by atoms with Crippen molar-refractivity contribution in [1.82, 2.24) is 4.98 Å². The summed E-state index contributed by atoms with van der Waals surface area (Å²) in [7, 11) is 0. The molecule has 4 heteroatoms. The first-order valence-corrected chi connectivity index (χ1v) is 6.68. The van der Waals surface area contributed by atoms with Crippen LogP contribution in [0.3, 0.4) is 0 Å². The number of aromatic nitrogens is 1. The zero-order valence-corrected chi connectivity index (χ0v) is 11.6. The highest BCUT2D eigenvalue weighted by Crippen LogP contribution is 2.16. The number of nitrogen functional groups attached to an aromatic ring is 1. The zero-order chi connectivity index (χ0) is 13.5. The summed E-state index contributed by atoms with van der Waals surface area (Å²) < 4.78 is 0. The van der Waals surface area contributed by atoms with Gasteiger partial charge in [-0.25, -0.2) is 4.98 Å². The predicted octanol–water partition coefficient (Wildman–Crippen LogP) is 2.63. The Hall–Kier alpha value is -1.58. The summed E-state index contributed by atoms with van der Waals surface area (Å²) >= 11 is 0. The molecule has 0 fully saturated rings. The molecule has 0 bridgehead atoms. The lowest BCUT2D eigenvalue weighted by molar-refractivity contribution is 0.484. The Morgan fingerprint density at radius 3 is 2.50 bits per heavy atom. The maximum atomic E-state index is 7.44. The topological polar surface area (TPSA) is 66.0 Å². The summed E-state index contributed by atoms with van der Waals surface area (Å²) in [5.41, 5.74) is 6.03. The molecule has 3 N–H and O–H groups in total. The average Bonchev–Trinajstić information content (AvgIpc) is 2.40. The second-order valence-electron chi connectivity index (χ2n) is 4.52. The van der Waals surface area contributed by atoms with Gasteiger partial charge in [-0.05, 0) is 25.0 Å². The van der Waals surface area contributed by atoms with Gasteiger partial charge in [0.15, 0.2) is 0 Å². The lowest BCUT2D eigenvalue weighted by Crippen LogP contribution is -2.30. The molecule has 0 atom stereocenters. The van der Waals surface area contributed by atoms with Crippen LogP contribution < -0.4 is 10.6 Å². The van der Waals surface area contributed by atoms with Crippen molar-refractivity contribution in [3.63, 3.8) is 0 Å². The maximum Gasteiger partial charge on any atom is 0.141 e. The Morgan fingerprint density at radius 1 is 1.33 bits per heavy atom. The van der Waals surface area contributed by atoms with Crippen LogP contribution in [0.4, 0.5) is 5.82 Å². The quantitative estimate of drug-likeness (QED) is 0.576. The number of rotatable bonds is 7. The SMILES string of the molecule is CCC(CC)CN(CC)c1cccc(C(=N)N)n1. The van der Waals surface area contributed by atoms with E-state index in [9.17, 15) is 0 Å². The smallest absolute Gasteiger partial charge is 0.141 e. The Morgan fingerprint density at radius 2 is 2.00 bits per heavy atom. The fourth-order valence-corrected chi connectivity index (χ4v) is 1.99. The van der Waals surface area contributed by atoms with Gasteiger partial charge in [0.05, 0.1) is 0 Å². The van der Waals surface area contributed by atoms with Gasteiger partial charge in [-0.3, -0.25) is 5.41 Å². The summed E-state index contributed by atoms with van der Waals surface area (Å²) in [6.45, 7) is 8.51. The molecule has 0 unspecified atom stereocenters. The van der Waals surface area contributed by atoms with E-state index in [1.54, 1.807) is 6.07 Å².